The van der Waals surface area contributed by atoms with Gasteiger partial charge in [0.1, 0.15) is 5.15 Å². The molecule has 1 N–H and O–H groups in total. The number of aromatic amines is 1. The Labute approximate surface area is 102 Å². The summed E-state index contributed by atoms with van der Waals surface area (Å²) in [5, 5.41) is 0.449. The van der Waals surface area contributed by atoms with Gasteiger partial charge in [-0.3, -0.25) is 14.3 Å². The van der Waals surface area contributed by atoms with Crippen LogP contribution in [0.25, 0.3) is 0 Å². The highest BCUT2D eigenvalue weighted by atomic mass is 35.5. The standard InChI is InChI=1S/C10H13ClN2O2S/c1-16-7-4-2-3-6(7)13-9(14)5-8(11)12-10(13)15/h5-7H,2-4H2,1H3,(H,12,15). The van der Waals surface area contributed by atoms with E-state index in [1.807, 2.05) is 6.26 Å². The Balaban J connectivity index is 2.48. The Morgan fingerprint density at radius 2 is 2.25 bits per heavy atom. The monoisotopic (exact) mass is 260 g/mol. The van der Waals surface area contributed by atoms with E-state index in [1.165, 1.54) is 10.6 Å². The average molecular weight is 261 g/mol. The van der Waals surface area contributed by atoms with Crippen molar-refractivity contribution in [2.75, 3.05) is 6.26 Å². The highest BCUT2D eigenvalue weighted by Gasteiger charge is 2.30. The third-order valence-corrected chi connectivity index (χ3v) is 4.34. The molecule has 2 rings (SSSR count). The second-order valence-electron chi connectivity index (χ2n) is 3.90. The highest BCUT2D eigenvalue weighted by Crippen LogP contribution is 2.35. The van der Waals surface area contributed by atoms with Crippen LogP contribution in [0.3, 0.4) is 0 Å². The lowest BCUT2D eigenvalue weighted by atomic mass is 10.2. The fraction of sp³-hybridized carbons (Fsp3) is 0.600. The molecule has 1 aromatic heterocycles. The molecular formula is C10H13ClN2O2S. The first-order valence-corrected chi connectivity index (χ1v) is 6.84. The fourth-order valence-corrected chi connectivity index (χ4v) is 3.42. The Hall–Kier alpha value is -0.680. The van der Waals surface area contributed by atoms with Crippen LogP contribution in [0, 0.1) is 0 Å². The second-order valence-corrected chi connectivity index (χ2v) is 5.39. The van der Waals surface area contributed by atoms with Crippen molar-refractivity contribution in [3.05, 3.63) is 32.1 Å². The predicted molar refractivity (Wildman–Crippen MR) is 66.5 cm³/mol. The number of nitrogens with one attached hydrogen (secondary N) is 1. The van der Waals surface area contributed by atoms with E-state index in [9.17, 15) is 9.59 Å². The molecule has 0 amide bonds. The predicted octanol–water partition coefficient (Wildman–Crippen LogP) is 1.65. The summed E-state index contributed by atoms with van der Waals surface area (Å²) in [5.74, 6) is 0. The number of thioether (sulfide) groups is 1. The summed E-state index contributed by atoms with van der Waals surface area (Å²) >= 11 is 7.34. The molecule has 2 unspecified atom stereocenters. The van der Waals surface area contributed by atoms with Crippen molar-refractivity contribution in [2.45, 2.75) is 30.6 Å². The smallest absolute Gasteiger partial charge is 0.298 e. The summed E-state index contributed by atoms with van der Waals surface area (Å²) < 4.78 is 1.31. The van der Waals surface area contributed by atoms with Crippen LogP contribution < -0.4 is 11.2 Å². The summed E-state index contributed by atoms with van der Waals surface area (Å²) in [6.07, 6.45) is 5.01. The lowest BCUT2D eigenvalue weighted by Crippen LogP contribution is -2.39. The molecule has 0 spiro atoms. The summed E-state index contributed by atoms with van der Waals surface area (Å²) in [4.78, 5) is 25.9. The van der Waals surface area contributed by atoms with Gasteiger partial charge in [0, 0.05) is 11.3 Å². The van der Waals surface area contributed by atoms with Gasteiger partial charge in [0.15, 0.2) is 0 Å². The van der Waals surface area contributed by atoms with Gasteiger partial charge in [-0.15, -0.1) is 0 Å². The van der Waals surface area contributed by atoms with Crippen LogP contribution in [0.4, 0.5) is 0 Å². The minimum Gasteiger partial charge on any atom is -0.298 e. The van der Waals surface area contributed by atoms with Gasteiger partial charge in [0.2, 0.25) is 0 Å². The average Bonchev–Trinajstić information content (AvgIpc) is 2.64. The van der Waals surface area contributed by atoms with Gasteiger partial charge in [-0.2, -0.15) is 11.8 Å². The second kappa shape index (κ2) is 4.67. The zero-order valence-corrected chi connectivity index (χ0v) is 10.5. The number of hydrogen-bond acceptors (Lipinski definition) is 3. The van der Waals surface area contributed by atoms with E-state index in [0.29, 0.717) is 5.25 Å². The van der Waals surface area contributed by atoms with Crippen molar-refractivity contribution in [1.29, 1.82) is 0 Å². The zero-order chi connectivity index (χ0) is 11.7. The third-order valence-electron chi connectivity index (χ3n) is 2.98. The van der Waals surface area contributed by atoms with E-state index in [-0.39, 0.29) is 16.8 Å². The molecule has 16 heavy (non-hydrogen) atoms. The largest absolute Gasteiger partial charge is 0.329 e. The van der Waals surface area contributed by atoms with Gasteiger partial charge >= 0.3 is 5.69 Å². The topological polar surface area (TPSA) is 54.9 Å². The molecule has 4 nitrogen and oxygen atoms in total. The third kappa shape index (κ3) is 2.06. The maximum absolute atomic E-state index is 11.8. The maximum Gasteiger partial charge on any atom is 0.329 e. The molecular weight excluding hydrogens is 248 g/mol. The summed E-state index contributed by atoms with van der Waals surface area (Å²) in [5.41, 5.74) is -0.705. The van der Waals surface area contributed by atoms with Crippen molar-refractivity contribution in [3.63, 3.8) is 0 Å². The van der Waals surface area contributed by atoms with Crippen LogP contribution >= 0.6 is 23.4 Å². The number of H-pyrrole nitrogens is 1. The summed E-state index contributed by atoms with van der Waals surface area (Å²) in [7, 11) is 0. The number of nitrogens with zero attached hydrogens (tertiary/aromatic N) is 1. The quantitative estimate of drug-likeness (QED) is 0.823. The molecule has 1 heterocycles. The lowest BCUT2D eigenvalue weighted by Gasteiger charge is -2.18. The van der Waals surface area contributed by atoms with E-state index < -0.39 is 5.69 Å². The van der Waals surface area contributed by atoms with Gasteiger partial charge in [-0.25, -0.2) is 4.79 Å². The molecule has 0 bridgehead atoms. The number of halogens is 1. The minimum atomic E-state index is -0.400. The molecule has 0 radical (unpaired) electrons. The number of rotatable bonds is 2. The van der Waals surface area contributed by atoms with Crippen LogP contribution in [-0.2, 0) is 0 Å². The highest BCUT2D eigenvalue weighted by molar-refractivity contribution is 7.99. The van der Waals surface area contributed by atoms with Crippen molar-refractivity contribution < 1.29 is 0 Å². The number of hydrogen-bond donors (Lipinski definition) is 1. The Bertz CT molecular complexity index is 465. The molecule has 1 aliphatic carbocycles. The summed E-state index contributed by atoms with van der Waals surface area (Å²) in [6, 6.07) is 1.27. The van der Waals surface area contributed by atoms with Gasteiger partial charge in [0.05, 0.1) is 6.04 Å². The molecule has 1 fully saturated rings. The molecule has 88 valence electrons. The Morgan fingerprint density at radius 1 is 1.50 bits per heavy atom. The van der Waals surface area contributed by atoms with Crippen molar-refractivity contribution >= 4 is 23.4 Å². The molecule has 0 saturated heterocycles. The normalized spacial score (nSPS) is 24.9. The van der Waals surface area contributed by atoms with Crippen LogP contribution in [0.15, 0.2) is 15.7 Å². The zero-order valence-electron chi connectivity index (χ0n) is 8.90. The molecule has 0 aromatic carbocycles. The van der Waals surface area contributed by atoms with Crippen LogP contribution in [-0.4, -0.2) is 21.1 Å². The fourth-order valence-electron chi connectivity index (χ4n) is 2.27. The molecule has 2 atom stereocenters. The Morgan fingerprint density at radius 3 is 2.88 bits per heavy atom. The SMILES string of the molecule is CSC1CCCC1n1c(=O)cc(Cl)[nH]c1=O. The molecule has 0 aliphatic heterocycles. The first kappa shape index (κ1) is 11.8. The summed E-state index contributed by atoms with van der Waals surface area (Å²) in [6.45, 7) is 0. The Kier molecular flexibility index (Phi) is 3.44. The van der Waals surface area contributed by atoms with Crippen molar-refractivity contribution in [2.24, 2.45) is 0 Å². The van der Waals surface area contributed by atoms with Crippen molar-refractivity contribution in [1.82, 2.24) is 9.55 Å². The van der Waals surface area contributed by atoms with Gasteiger partial charge in [0.25, 0.3) is 5.56 Å². The van der Waals surface area contributed by atoms with E-state index in [4.69, 9.17) is 11.6 Å². The molecule has 1 aromatic rings. The maximum atomic E-state index is 11.8. The minimum absolute atomic E-state index is 0.00326. The first-order chi connectivity index (χ1) is 7.63. The van der Waals surface area contributed by atoms with Crippen LogP contribution in [0.5, 0.6) is 0 Å². The van der Waals surface area contributed by atoms with Gasteiger partial charge in [-0.1, -0.05) is 18.0 Å². The van der Waals surface area contributed by atoms with E-state index in [2.05, 4.69) is 4.98 Å². The van der Waals surface area contributed by atoms with E-state index in [1.54, 1.807) is 11.8 Å². The first-order valence-electron chi connectivity index (χ1n) is 5.17. The van der Waals surface area contributed by atoms with Gasteiger partial charge < -0.3 is 0 Å². The molecule has 1 aliphatic rings. The van der Waals surface area contributed by atoms with Crippen molar-refractivity contribution in [3.8, 4) is 0 Å². The lowest BCUT2D eigenvalue weighted by molar-refractivity contribution is 0.487. The van der Waals surface area contributed by atoms with Gasteiger partial charge in [-0.05, 0) is 19.1 Å². The molecule has 1 saturated carbocycles. The van der Waals surface area contributed by atoms with Crippen LogP contribution in [0.2, 0.25) is 5.15 Å². The van der Waals surface area contributed by atoms with E-state index >= 15 is 0 Å². The number of aromatic nitrogens is 2. The van der Waals surface area contributed by atoms with E-state index in [0.717, 1.165) is 19.3 Å². The molecule has 6 heteroatoms. The van der Waals surface area contributed by atoms with Crippen LogP contribution in [0.1, 0.15) is 25.3 Å².